The summed E-state index contributed by atoms with van der Waals surface area (Å²) in [4.78, 5) is 0. The molecule has 19 heavy (non-hydrogen) atoms. The Hall–Kier alpha value is -1.30. The first kappa shape index (κ1) is 14.1. The lowest BCUT2D eigenvalue weighted by Gasteiger charge is -2.12. The number of aliphatic hydroxyl groups excluding tert-OH is 1. The van der Waals surface area contributed by atoms with Gasteiger partial charge in [0.05, 0.1) is 25.9 Å². The van der Waals surface area contributed by atoms with Gasteiger partial charge in [-0.05, 0) is 17.7 Å². The van der Waals surface area contributed by atoms with Gasteiger partial charge in [0.2, 0.25) is 0 Å². The fraction of sp³-hybridized carbons (Fsp3) is 0.571. The van der Waals surface area contributed by atoms with Crippen molar-refractivity contribution in [3.8, 4) is 11.5 Å². The van der Waals surface area contributed by atoms with Crippen molar-refractivity contribution < 1.29 is 19.3 Å². The largest absolute Gasteiger partial charge is 0.490 e. The molecule has 1 aromatic carbocycles. The molecular weight excluding hydrogens is 246 g/mol. The summed E-state index contributed by atoms with van der Waals surface area (Å²) in [6.45, 7) is 2.91. The quantitative estimate of drug-likeness (QED) is 0.803. The molecule has 1 aliphatic heterocycles. The molecule has 2 rings (SSSR count). The summed E-state index contributed by atoms with van der Waals surface area (Å²) in [5.41, 5.74) is 1.11. The third kappa shape index (κ3) is 4.38. The van der Waals surface area contributed by atoms with E-state index in [0.29, 0.717) is 32.9 Å². The lowest BCUT2D eigenvalue weighted by atomic mass is 10.2. The van der Waals surface area contributed by atoms with Gasteiger partial charge in [0.15, 0.2) is 11.5 Å². The maximum Gasteiger partial charge on any atom is 0.161 e. The van der Waals surface area contributed by atoms with Crippen molar-refractivity contribution in [1.29, 1.82) is 0 Å². The zero-order valence-corrected chi connectivity index (χ0v) is 11.2. The molecule has 0 saturated carbocycles. The number of aliphatic hydroxyl groups is 1. The van der Waals surface area contributed by atoms with Gasteiger partial charge < -0.3 is 24.6 Å². The fourth-order valence-corrected chi connectivity index (χ4v) is 1.95. The van der Waals surface area contributed by atoms with Gasteiger partial charge in [0.1, 0.15) is 0 Å². The van der Waals surface area contributed by atoms with Crippen LogP contribution in [-0.4, -0.2) is 44.7 Å². The first-order chi connectivity index (χ1) is 9.29. The van der Waals surface area contributed by atoms with Crippen molar-refractivity contribution in [2.45, 2.75) is 19.1 Å². The molecule has 0 aliphatic carbocycles. The van der Waals surface area contributed by atoms with E-state index in [1.807, 2.05) is 18.2 Å². The van der Waals surface area contributed by atoms with E-state index < -0.39 is 6.10 Å². The van der Waals surface area contributed by atoms with E-state index in [2.05, 4.69) is 5.32 Å². The van der Waals surface area contributed by atoms with Gasteiger partial charge in [-0.1, -0.05) is 6.07 Å². The Bertz CT molecular complexity index is 397. The Kier molecular flexibility index (Phi) is 5.44. The van der Waals surface area contributed by atoms with Crippen LogP contribution in [0, 0.1) is 0 Å². The minimum absolute atomic E-state index is 0.341. The maximum absolute atomic E-state index is 9.52. The zero-order valence-electron chi connectivity index (χ0n) is 11.2. The normalized spacial score (nSPS) is 15.9. The third-order valence-corrected chi connectivity index (χ3v) is 2.88. The summed E-state index contributed by atoms with van der Waals surface area (Å²) in [6.07, 6.45) is 0.427. The zero-order chi connectivity index (χ0) is 13.5. The smallest absolute Gasteiger partial charge is 0.161 e. The molecule has 0 bridgehead atoms. The van der Waals surface area contributed by atoms with E-state index in [9.17, 15) is 5.11 Å². The molecule has 1 heterocycles. The molecular formula is C14H21NO4. The molecule has 0 radical (unpaired) electrons. The summed E-state index contributed by atoms with van der Waals surface area (Å²) in [5, 5.41) is 12.7. The minimum atomic E-state index is -0.481. The van der Waals surface area contributed by atoms with E-state index in [1.165, 1.54) is 0 Å². The summed E-state index contributed by atoms with van der Waals surface area (Å²) < 4.78 is 16.1. The molecule has 1 atom stereocenters. The van der Waals surface area contributed by atoms with Crippen LogP contribution in [0.3, 0.4) is 0 Å². The Labute approximate surface area is 113 Å². The highest BCUT2D eigenvalue weighted by Crippen LogP contribution is 2.30. The average Bonchev–Trinajstić information content (AvgIpc) is 2.63. The van der Waals surface area contributed by atoms with E-state index >= 15 is 0 Å². The van der Waals surface area contributed by atoms with Crippen molar-refractivity contribution in [1.82, 2.24) is 5.32 Å². The molecule has 2 N–H and O–H groups in total. The topological polar surface area (TPSA) is 60.0 Å². The van der Waals surface area contributed by atoms with Crippen LogP contribution in [0.15, 0.2) is 18.2 Å². The standard InChI is InChI=1S/C14H21NO4/c1-17-10-12(16)9-15-8-11-3-4-13-14(7-11)19-6-2-5-18-13/h3-4,7,12,15-16H,2,5-6,8-10H2,1H3. The Balaban J connectivity index is 1.86. The lowest BCUT2D eigenvalue weighted by molar-refractivity contribution is 0.0644. The lowest BCUT2D eigenvalue weighted by Crippen LogP contribution is -2.29. The molecule has 5 nitrogen and oxygen atoms in total. The monoisotopic (exact) mass is 267 g/mol. The van der Waals surface area contributed by atoms with E-state index in [-0.39, 0.29) is 0 Å². The summed E-state index contributed by atoms with van der Waals surface area (Å²) in [6, 6.07) is 5.92. The number of nitrogens with one attached hydrogen (secondary N) is 1. The second-order valence-electron chi connectivity index (χ2n) is 4.57. The molecule has 0 spiro atoms. The number of ether oxygens (including phenoxy) is 3. The molecule has 0 amide bonds. The van der Waals surface area contributed by atoms with Gasteiger partial charge in [-0.3, -0.25) is 0 Å². The van der Waals surface area contributed by atoms with Crippen LogP contribution in [0.1, 0.15) is 12.0 Å². The molecule has 1 aromatic rings. The first-order valence-corrected chi connectivity index (χ1v) is 6.56. The average molecular weight is 267 g/mol. The van der Waals surface area contributed by atoms with E-state index in [4.69, 9.17) is 14.2 Å². The predicted molar refractivity (Wildman–Crippen MR) is 71.6 cm³/mol. The number of benzene rings is 1. The van der Waals surface area contributed by atoms with Crippen LogP contribution in [0.4, 0.5) is 0 Å². The highest BCUT2D eigenvalue weighted by molar-refractivity contribution is 5.43. The van der Waals surface area contributed by atoms with Crippen LogP contribution < -0.4 is 14.8 Å². The molecule has 5 heteroatoms. The SMILES string of the molecule is COCC(O)CNCc1ccc2c(c1)OCCCO2. The highest BCUT2D eigenvalue weighted by Gasteiger charge is 2.10. The van der Waals surface area contributed by atoms with Crippen molar-refractivity contribution in [3.63, 3.8) is 0 Å². The molecule has 1 unspecified atom stereocenters. The van der Waals surface area contributed by atoms with Gasteiger partial charge >= 0.3 is 0 Å². The number of methoxy groups -OCH3 is 1. The minimum Gasteiger partial charge on any atom is -0.490 e. The predicted octanol–water partition coefficient (Wildman–Crippen LogP) is 0.945. The molecule has 1 aliphatic rings. The van der Waals surface area contributed by atoms with Crippen molar-refractivity contribution in [2.75, 3.05) is 33.5 Å². The molecule has 0 fully saturated rings. The van der Waals surface area contributed by atoms with Crippen molar-refractivity contribution in [2.24, 2.45) is 0 Å². The van der Waals surface area contributed by atoms with E-state index in [0.717, 1.165) is 23.5 Å². The van der Waals surface area contributed by atoms with Crippen LogP contribution in [-0.2, 0) is 11.3 Å². The van der Waals surface area contributed by atoms with Crippen LogP contribution in [0.2, 0.25) is 0 Å². The summed E-state index contributed by atoms with van der Waals surface area (Å²) in [5.74, 6) is 1.61. The van der Waals surface area contributed by atoms with Gasteiger partial charge in [-0.2, -0.15) is 0 Å². The van der Waals surface area contributed by atoms with Crippen molar-refractivity contribution in [3.05, 3.63) is 23.8 Å². The highest BCUT2D eigenvalue weighted by atomic mass is 16.5. The summed E-state index contributed by atoms with van der Waals surface area (Å²) in [7, 11) is 1.58. The fourth-order valence-electron chi connectivity index (χ4n) is 1.95. The Morgan fingerprint density at radius 3 is 2.89 bits per heavy atom. The Morgan fingerprint density at radius 2 is 2.11 bits per heavy atom. The number of hydrogen-bond acceptors (Lipinski definition) is 5. The molecule has 106 valence electrons. The number of fused-ring (bicyclic) bond motifs is 1. The van der Waals surface area contributed by atoms with Crippen LogP contribution >= 0.6 is 0 Å². The van der Waals surface area contributed by atoms with Gasteiger partial charge in [-0.25, -0.2) is 0 Å². The third-order valence-electron chi connectivity index (χ3n) is 2.88. The van der Waals surface area contributed by atoms with E-state index in [1.54, 1.807) is 7.11 Å². The van der Waals surface area contributed by atoms with Crippen LogP contribution in [0.25, 0.3) is 0 Å². The summed E-state index contributed by atoms with van der Waals surface area (Å²) >= 11 is 0. The van der Waals surface area contributed by atoms with Gasteiger partial charge in [-0.15, -0.1) is 0 Å². The van der Waals surface area contributed by atoms with Crippen LogP contribution in [0.5, 0.6) is 11.5 Å². The molecule has 0 saturated heterocycles. The van der Waals surface area contributed by atoms with Gasteiger partial charge in [0, 0.05) is 26.6 Å². The molecule has 0 aromatic heterocycles. The second-order valence-corrected chi connectivity index (χ2v) is 4.57. The first-order valence-electron chi connectivity index (χ1n) is 6.56. The number of hydrogen-bond donors (Lipinski definition) is 2. The van der Waals surface area contributed by atoms with Crippen molar-refractivity contribution >= 4 is 0 Å². The Morgan fingerprint density at radius 1 is 1.32 bits per heavy atom. The maximum atomic E-state index is 9.52. The van der Waals surface area contributed by atoms with Gasteiger partial charge in [0.25, 0.3) is 0 Å². The second kappa shape index (κ2) is 7.33. The number of rotatable bonds is 6.